The lowest BCUT2D eigenvalue weighted by atomic mass is 10.1. The fraction of sp³-hybridized carbons (Fsp3) is 0.500. The molecule has 1 aromatic rings. The van der Waals surface area contributed by atoms with Crippen LogP contribution >= 0.6 is 11.6 Å². The molecular weight excluding hydrogens is 288 g/mol. The van der Waals surface area contributed by atoms with Gasteiger partial charge in [0.15, 0.2) is 0 Å². The van der Waals surface area contributed by atoms with Gasteiger partial charge in [0.25, 0.3) is 10.2 Å². The Kier molecular flexibility index (Phi) is 4.81. The van der Waals surface area contributed by atoms with E-state index in [4.69, 9.17) is 16.3 Å². The smallest absolute Gasteiger partial charge is 0.279 e. The fourth-order valence-electron chi connectivity index (χ4n) is 2.03. The molecule has 5 nitrogen and oxygen atoms in total. The average molecular weight is 305 g/mol. The second-order valence-electron chi connectivity index (χ2n) is 4.28. The Morgan fingerprint density at radius 1 is 1.53 bits per heavy atom. The minimum atomic E-state index is -3.41. The van der Waals surface area contributed by atoms with Crippen molar-refractivity contribution in [3.63, 3.8) is 0 Å². The first-order valence-electron chi connectivity index (χ1n) is 6.14. The summed E-state index contributed by atoms with van der Waals surface area (Å²) in [6.07, 6.45) is -0.277. The van der Waals surface area contributed by atoms with Crippen LogP contribution in [-0.2, 0) is 14.9 Å². The largest absolute Gasteiger partial charge is 0.371 e. The number of morpholine rings is 1. The van der Waals surface area contributed by atoms with Crippen molar-refractivity contribution in [3.8, 4) is 0 Å². The summed E-state index contributed by atoms with van der Waals surface area (Å²) in [6, 6.07) is 7.30. The quantitative estimate of drug-likeness (QED) is 0.918. The van der Waals surface area contributed by atoms with Crippen LogP contribution in [-0.4, -0.2) is 39.0 Å². The number of benzene rings is 1. The van der Waals surface area contributed by atoms with E-state index in [1.165, 1.54) is 4.31 Å². The SMILES string of the molecule is CCNS(=O)(=O)N1CCOC(c2cccc(Cl)c2)C1. The minimum Gasteiger partial charge on any atom is -0.371 e. The molecule has 0 bridgehead atoms. The number of ether oxygens (including phenoxy) is 1. The zero-order chi connectivity index (χ0) is 13.9. The molecule has 1 aromatic carbocycles. The van der Waals surface area contributed by atoms with E-state index in [9.17, 15) is 8.42 Å². The van der Waals surface area contributed by atoms with Gasteiger partial charge in [-0.15, -0.1) is 0 Å². The Labute approximate surface area is 118 Å². The van der Waals surface area contributed by atoms with Crippen LogP contribution in [0.2, 0.25) is 5.02 Å². The van der Waals surface area contributed by atoms with Crippen LogP contribution < -0.4 is 4.72 Å². The van der Waals surface area contributed by atoms with Crippen molar-refractivity contribution >= 4 is 21.8 Å². The molecule has 1 heterocycles. The Morgan fingerprint density at radius 2 is 2.32 bits per heavy atom. The monoisotopic (exact) mass is 304 g/mol. The topological polar surface area (TPSA) is 58.6 Å². The maximum Gasteiger partial charge on any atom is 0.279 e. The van der Waals surface area contributed by atoms with Crippen LogP contribution in [0, 0.1) is 0 Å². The van der Waals surface area contributed by atoms with Gasteiger partial charge in [-0.1, -0.05) is 30.7 Å². The Bertz CT molecular complexity index is 536. The Balaban J connectivity index is 2.13. The van der Waals surface area contributed by atoms with E-state index in [1.807, 2.05) is 12.1 Å². The summed E-state index contributed by atoms with van der Waals surface area (Å²) < 4.78 is 33.5. The van der Waals surface area contributed by atoms with E-state index in [0.717, 1.165) is 5.56 Å². The van der Waals surface area contributed by atoms with Gasteiger partial charge in [-0.25, -0.2) is 4.72 Å². The van der Waals surface area contributed by atoms with Crippen molar-refractivity contribution in [2.75, 3.05) is 26.2 Å². The van der Waals surface area contributed by atoms with E-state index in [1.54, 1.807) is 19.1 Å². The Morgan fingerprint density at radius 3 is 3.00 bits per heavy atom. The van der Waals surface area contributed by atoms with E-state index >= 15 is 0 Å². The maximum atomic E-state index is 12.0. The van der Waals surface area contributed by atoms with Gasteiger partial charge in [0, 0.05) is 24.7 Å². The van der Waals surface area contributed by atoms with Gasteiger partial charge in [0.2, 0.25) is 0 Å². The van der Waals surface area contributed by atoms with Crippen molar-refractivity contribution in [2.45, 2.75) is 13.0 Å². The molecule has 1 fully saturated rings. The molecule has 0 spiro atoms. The van der Waals surface area contributed by atoms with Crippen molar-refractivity contribution in [1.29, 1.82) is 0 Å². The number of halogens is 1. The molecule has 106 valence electrons. The first-order valence-corrected chi connectivity index (χ1v) is 7.96. The first kappa shape index (κ1) is 14.7. The zero-order valence-electron chi connectivity index (χ0n) is 10.7. The molecule has 1 unspecified atom stereocenters. The molecule has 1 saturated heterocycles. The molecule has 1 atom stereocenters. The summed E-state index contributed by atoms with van der Waals surface area (Å²) in [7, 11) is -3.41. The van der Waals surface area contributed by atoms with E-state index in [-0.39, 0.29) is 6.10 Å². The molecule has 1 aliphatic rings. The van der Waals surface area contributed by atoms with Gasteiger partial charge in [-0.2, -0.15) is 12.7 Å². The van der Waals surface area contributed by atoms with Crippen LogP contribution in [0.1, 0.15) is 18.6 Å². The van der Waals surface area contributed by atoms with Crippen LogP contribution in [0.15, 0.2) is 24.3 Å². The van der Waals surface area contributed by atoms with E-state index in [2.05, 4.69) is 4.72 Å². The minimum absolute atomic E-state index is 0.277. The third kappa shape index (κ3) is 3.67. The molecule has 0 amide bonds. The third-order valence-electron chi connectivity index (χ3n) is 2.92. The molecule has 7 heteroatoms. The van der Waals surface area contributed by atoms with Crippen LogP contribution in [0.5, 0.6) is 0 Å². The molecule has 1 aliphatic heterocycles. The molecule has 0 aliphatic carbocycles. The summed E-state index contributed by atoms with van der Waals surface area (Å²) in [5.41, 5.74) is 0.892. The highest BCUT2D eigenvalue weighted by Crippen LogP contribution is 2.25. The van der Waals surface area contributed by atoms with Gasteiger partial charge in [0.05, 0.1) is 12.7 Å². The molecule has 1 N–H and O–H groups in total. The summed E-state index contributed by atoms with van der Waals surface area (Å²) >= 11 is 5.94. The van der Waals surface area contributed by atoms with E-state index in [0.29, 0.717) is 31.3 Å². The second-order valence-corrected chi connectivity index (χ2v) is 6.47. The van der Waals surface area contributed by atoms with Gasteiger partial charge in [-0.3, -0.25) is 0 Å². The third-order valence-corrected chi connectivity index (χ3v) is 4.82. The Hall–Kier alpha value is -0.660. The van der Waals surface area contributed by atoms with E-state index < -0.39 is 10.2 Å². The predicted octanol–water partition coefficient (Wildman–Crippen LogP) is 1.57. The van der Waals surface area contributed by atoms with Crippen LogP contribution in [0.25, 0.3) is 0 Å². The average Bonchev–Trinajstić information content (AvgIpc) is 2.39. The van der Waals surface area contributed by atoms with Crippen molar-refractivity contribution in [3.05, 3.63) is 34.9 Å². The number of rotatable bonds is 4. The van der Waals surface area contributed by atoms with Crippen molar-refractivity contribution in [1.82, 2.24) is 9.03 Å². The molecule has 0 radical (unpaired) electrons. The molecule has 2 rings (SSSR count). The lowest BCUT2D eigenvalue weighted by Gasteiger charge is -2.32. The lowest BCUT2D eigenvalue weighted by Crippen LogP contribution is -2.47. The second kappa shape index (κ2) is 6.19. The van der Waals surface area contributed by atoms with Gasteiger partial charge in [-0.05, 0) is 17.7 Å². The summed E-state index contributed by atoms with van der Waals surface area (Å²) in [4.78, 5) is 0. The number of hydrogen-bond donors (Lipinski definition) is 1. The highest BCUT2D eigenvalue weighted by Gasteiger charge is 2.29. The maximum absolute atomic E-state index is 12.0. The predicted molar refractivity (Wildman–Crippen MR) is 74.3 cm³/mol. The first-order chi connectivity index (χ1) is 9.03. The summed E-state index contributed by atoms with van der Waals surface area (Å²) in [5.74, 6) is 0. The number of nitrogens with zero attached hydrogens (tertiary/aromatic N) is 1. The van der Waals surface area contributed by atoms with Crippen molar-refractivity contribution in [2.24, 2.45) is 0 Å². The lowest BCUT2D eigenvalue weighted by molar-refractivity contribution is -0.00289. The molecule has 0 saturated carbocycles. The summed E-state index contributed by atoms with van der Waals surface area (Å²) in [5, 5.41) is 0.618. The summed E-state index contributed by atoms with van der Waals surface area (Å²) in [6.45, 7) is 3.18. The van der Waals surface area contributed by atoms with Gasteiger partial charge < -0.3 is 4.74 Å². The molecule has 19 heavy (non-hydrogen) atoms. The molecular formula is C12H17ClN2O3S. The van der Waals surface area contributed by atoms with Gasteiger partial charge >= 0.3 is 0 Å². The normalized spacial score (nSPS) is 21.5. The number of hydrogen-bond acceptors (Lipinski definition) is 3. The fourth-order valence-corrected chi connectivity index (χ4v) is 3.42. The van der Waals surface area contributed by atoms with Crippen LogP contribution in [0.3, 0.4) is 0 Å². The standard InChI is InChI=1S/C12H17ClN2O3S/c1-2-14-19(16,17)15-6-7-18-12(9-15)10-4-3-5-11(13)8-10/h3-5,8,12,14H,2,6-7,9H2,1H3. The van der Waals surface area contributed by atoms with Gasteiger partial charge in [0.1, 0.15) is 0 Å². The highest BCUT2D eigenvalue weighted by atomic mass is 35.5. The highest BCUT2D eigenvalue weighted by molar-refractivity contribution is 7.87. The zero-order valence-corrected chi connectivity index (χ0v) is 12.2. The molecule has 0 aromatic heterocycles. The van der Waals surface area contributed by atoms with Crippen LogP contribution in [0.4, 0.5) is 0 Å². The number of nitrogens with one attached hydrogen (secondary N) is 1. The van der Waals surface area contributed by atoms with Crippen molar-refractivity contribution < 1.29 is 13.2 Å².